The predicted octanol–water partition coefficient (Wildman–Crippen LogP) is 8.79. The van der Waals surface area contributed by atoms with Crippen molar-refractivity contribution in [3.8, 4) is 0 Å². The molecule has 4 nitrogen and oxygen atoms in total. The number of halogens is 2. The van der Waals surface area contributed by atoms with Gasteiger partial charge in [0, 0.05) is 48.6 Å². The van der Waals surface area contributed by atoms with Crippen molar-refractivity contribution in [2.75, 3.05) is 13.3 Å². The Balaban J connectivity index is 0.000000630. The van der Waals surface area contributed by atoms with Gasteiger partial charge in [0.1, 0.15) is 5.82 Å². The number of hydrogen-bond acceptors (Lipinski definition) is 4. The number of hydrogen-bond donors (Lipinski definition) is 1. The lowest BCUT2D eigenvalue weighted by Crippen LogP contribution is -2.12. The molecule has 0 aliphatic heterocycles. The fourth-order valence-corrected chi connectivity index (χ4v) is 4.03. The molecule has 0 saturated heterocycles. The Morgan fingerprint density at radius 1 is 1.21 bits per heavy atom. The number of unbranched alkanes of at least 4 members (excludes halogenated alkanes) is 1. The first-order chi connectivity index (χ1) is 18.1. The SMILES string of the molecule is C=C(/C=C(\C)NCc1cccnc1)C(CC)CCCC.CN=CC(Br)=C(C)C.CS(=O)c1ccccc1F. The molecule has 2 unspecified atom stereocenters. The number of nitrogens with one attached hydrogen (secondary N) is 1. The molecule has 2 atom stereocenters. The van der Waals surface area contributed by atoms with E-state index in [-0.39, 0.29) is 4.90 Å². The van der Waals surface area contributed by atoms with Crippen LogP contribution in [0.3, 0.4) is 0 Å². The number of aliphatic imine (C=N–C) groups is 1. The van der Waals surface area contributed by atoms with Gasteiger partial charge in [0.05, 0.1) is 15.7 Å². The van der Waals surface area contributed by atoms with Crippen LogP contribution in [0.15, 0.2) is 92.7 Å². The van der Waals surface area contributed by atoms with E-state index >= 15 is 0 Å². The standard InChI is InChI=1S/C18H28N2.C7H7FOS.C6H10BrN/c1-5-7-10-18(6-2)15(3)12-16(4)20-14-17-9-8-11-19-13-17;1-10(9)7-5-3-2-4-6(7)8;1-5(2)6(7)4-8-3/h8-9,11-13,18,20H,3,5-7,10,14H2,1-2,4H3;2-5H,1H3;4H,1-3H3/b16-12+;;. The molecule has 0 fully saturated rings. The number of rotatable bonds is 11. The van der Waals surface area contributed by atoms with Gasteiger partial charge in [-0.15, -0.1) is 0 Å². The van der Waals surface area contributed by atoms with Crippen LogP contribution in [0.25, 0.3) is 0 Å². The molecule has 2 aromatic rings. The minimum absolute atomic E-state index is 0.266. The van der Waals surface area contributed by atoms with Crippen molar-refractivity contribution in [1.82, 2.24) is 10.3 Å². The smallest absolute Gasteiger partial charge is 0.139 e. The summed E-state index contributed by atoms with van der Waals surface area (Å²) in [6.07, 6.45) is 14.1. The Hall–Kier alpha value is -2.38. The van der Waals surface area contributed by atoms with E-state index in [4.69, 9.17) is 0 Å². The molecule has 0 saturated carbocycles. The molecule has 1 heterocycles. The third-order valence-corrected chi connectivity index (χ3v) is 7.43. The lowest BCUT2D eigenvalue weighted by molar-refractivity contribution is 0.523. The van der Waals surface area contributed by atoms with E-state index in [1.165, 1.54) is 66.5 Å². The average Bonchev–Trinajstić information content (AvgIpc) is 2.89. The Bertz CT molecular complexity index is 1060. The Morgan fingerprint density at radius 2 is 1.89 bits per heavy atom. The first-order valence-electron chi connectivity index (χ1n) is 12.9. The highest BCUT2D eigenvalue weighted by Gasteiger charge is 2.08. The summed E-state index contributed by atoms with van der Waals surface area (Å²) in [6, 6.07) is 10.1. The number of pyridine rings is 1. The van der Waals surface area contributed by atoms with Crippen LogP contribution in [-0.2, 0) is 17.3 Å². The van der Waals surface area contributed by atoms with Crippen LogP contribution in [0, 0.1) is 11.7 Å². The quantitative estimate of drug-likeness (QED) is 0.206. The van der Waals surface area contributed by atoms with Crippen molar-refractivity contribution >= 4 is 32.9 Å². The largest absolute Gasteiger partial charge is 0.384 e. The third kappa shape index (κ3) is 16.5. The fourth-order valence-electron chi connectivity index (χ4n) is 3.21. The van der Waals surface area contributed by atoms with E-state index in [0.29, 0.717) is 5.92 Å². The second-order valence-corrected chi connectivity index (χ2v) is 11.2. The maximum atomic E-state index is 12.6. The number of aromatic nitrogens is 1. The minimum atomic E-state index is -1.22. The highest BCUT2D eigenvalue weighted by Crippen LogP contribution is 2.22. The van der Waals surface area contributed by atoms with Gasteiger partial charge in [0.2, 0.25) is 0 Å². The number of nitrogens with zero attached hydrogens (tertiary/aromatic N) is 2. The van der Waals surface area contributed by atoms with Crippen molar-refractivity contribution in [2.45, 2.75) is 71.7 Å². The van der Waals surface area contributed by atoms with Crippen LogP contribution in [0.1, 0.15) is 65.9 Å². The van der Waals surface area contributed by atoms with Gasteiger partial charge < -0.3 is 5.32 Å². The molecule has 210 valence electrons. The van der Waals surface area contributed by atoms with E-state index in [2.05, 4.69) is 70.7 Å². The maximum absolute atomic E-state index is 12.6. The second-order valence-electron chi connectivity index (χ2n) is 8.98. The van der Waals surface area contributed by atoms with Gasteiger partial charge in [-0.3, -0.25) is 14.2 Å². The summed E-state index contributed by atoms with van der Waals surface area (Å²) >= 11 is 3.33. The van der Waals surface area contributed by atoms with Gasteiger partial charge in [-0.25, -0.2) is 4.39 Å². The van der Waals surface area contributed by atoms with E-state index in [1.54, 1.807) is 31.6 Å². The lowest BCUT2D eigenvalue weighted by atomic mass is 9.91. The summed E-state index contributed by atoms with van der Waals surface area (Å²) in [6.45, 7) is 15.7. The van der Waals surface area contributed by atoms with Gasteiger partial charge in [-0.2, -0.15) is 0 Å². The van der Waals surface area contributed by atoms with Crippen LogP contribution in [0.2, 0.25) is 0 Å². The summed E-state index contributed by atoms with van der Waals surface area (Å²) in [5.41, 5.74) is 4.87. The van der Waals surface area contributed by atoms with Gasteiger partial charge >= 0.3 is 0 Å². The Morgan fingerprint density at radius 3 is 2.34 bits per heavy atom. The number of allylic oxidation sites excluding steroid dienone is 5. The molecule has 0 amide bonds. The summed E-state index contributed by atoms with van der Waals surface area (Å²) in [4.78, 5) is 8.22. The second kappa shape index (κ2) is 21.5. The molecule has 0 bridgehead atoms. The molecule has 2 rings (SSSR count). The van der Waals surface area contributed by atoms with E-state index in [9.17, 15) is 8.60 Å². The first-order valence-corrected chi connectivity index (χ1v) is 15.2. The van der Waals surface area contributed by atoms with Crippen molar-refractivity contribution in [2.24, 2.45) is 10.9 Å². The van der Waals surface area contributed by atoms with Gasteiger partial charge in [0.25, 0.3) is 0 Å². The highest BCUT2D eigenvalue weighted by atomic mass is 79.9. The normalized spacial score (nSPS) is 12.4. The fraction of sp³-hybridized carbons (Fsp3) is 0.419. The van der Waals surface area contributed by atoms with Crippen LogP contribution >= 0.6 is 15.9 Å². The summed E-state index contributed by atoms with van der Waals surface area (Å²) in [5.74, 6) is 0.216. The Kier molecular flexibility index (Phi) is 20.2. The molecule has 0 aliphatic rings. The van der Waals surface area contributed by atoms with Gasteiger partial charge in [-0.1, -0.05) is 62.6 Å². The van der Waals surface area contributed by atoms with Gasteiger partial charge in [-0.05, 0) is 85.3 Å². The van der Waals surface area contributed by atoms with Crippen molar-refractivity contribution in [1.29, 1.82) is 0 Å². The van der Waals surface area contributed by atoms with Crippen molar-refractivity contribution in [3.05, 3.63) is 94.2 Å². The van der Waals surface area contributed by atoms with E-state index < -0.39 is 16.6 Å². The van der Waals surface area contributed by atoms with Gasteiger partial charge in [0.15, 0.2) is 0 Å². The van der Waals surface area contributed by atoms with Crippen molar-refractivity contribution < 1.29 is 8.60 Å². The number of benzene rings is 1. The molecule has 1 aromatic heterocycles. The highest BCUT2D eigenvalue weighted by molar-refractivity contribution is 9.12. The molecule has 0 aliphatic carbocycles. The zero-order valence-electron chi connectivity index (χ0n) is 24.1. The molecular weight excluding hydrogens is 561 g/mol. The molecule has 1 aromatic carbocycles. The molecule has 1 N–H and O–H groups in total. The van der Waals surface area contributed by atoms with Crippen LogP contribution in [0.5, 0.6) is 0 Å². The monoisotopic (exact) mass is 605 g/mol. The predicted molar refractivity (Wildman–Crippen MR) is 168 cm³/mol. The molecule has 0 spiro atoms. The molecule has 0 radical (unpaired) electrons. The first kappa shape index (κ1) is 35.6. The van der Waals surface area contributed by atoms with Crippen molar-refractivity contribution in [3.63, 3.8) is 0 Å². The molecule has 38 heavy (non-hydrogen) atoms. The van der Waals surface area contributed by atoms with Crippen LogP contribution in [-0.4, -0.2) is 28.7 Å². The zero-order chi connectivity index (χ0) is 28.9. The van der Waals surface area contributed by atoms with E-state index in [1.807, 2.05) is 26.1 Å². The molecule has 7 heteroatoms. The zero-order valence-corrected chi connectivity index (χ0v) is 26.5. The molecular formula is C31H45BrFN3OS. The topological polar surface area (TPSA) is 54.4 Å². The van der Waals surface area contributed by atoms with Crippen LogP contribution < -0.4 is 5.32 Å². The van der Waals surface area contributed by atoms with Crippen LogP contribution in [0.4, 0.5) is 4.39 Å². The minimum Gasteiger partial charge on any atom is -0.384 e. The summed E-state index contributed by atoms with van der Waals surface area (Å²) in [5, 5.41) is 3.43. The lowest BCUT2D eigenvalue weighted by Gasteiger charge is -2.16. The van der Waals surface area contributed by atoms with E-state index in [0.717, 1.165) is 11.0 Å². The Labute approximate surface area is 241 Å². The third-order valence-electron chi connectivity index (χ3n) is 5.49. The summed E-state index contributed by atoms with van der Waals surface area (Å²) < 4.78 is 24.5. The maximum Gasteiger partial charge on any atom is 0.139 e. The summed E-state index contributed by atoms with van der Waals surface area (Å²) in [7, 11) is 0.539. The average molecular weight is 607 g/mol.